The van der Waals surface area contributed by atoms with Crippen molar-refractivity contribution in [1.29, 1.82) is 0 Å². The van der Waals surface area contributed by atoms with E-state index in [1.54, 1.807) is 21.0 Å². The monoisotopic (exact) mass is 396 g/mol. The van der Waals surface area contributed by atoms with Gasteiger partial charge in [0.2, 0.25) is 0 Å². The summed E-state index contributed by atoms with van der Waals surface area (Å²) in [6.45, 7) is 1.55. The predicted octanol–water partition coefficient (Wildman–Crippen LogP) is 2.85. The highest BCUT2D eigenvalue weighted by Crippen LogP contribution is 2.27. The number of carbonyl (C=O) groups excluding carboxylic acids is 1. The van der Waals surface area contributed by atoms with Crippen LogP contribution in [-0.4, -0.2) is 44.4 Å². The molecule has 0 aliphatic heterocycles. The number of rotatable bonds is 5. The van der Waals surface area contributed by atoms with E-state index in [2.05, 4.69) is 4.72 Å². The van der Waals surface area contributed by atoms with Gasteiger partial charge in [-0.1, -0.05) is 17.7 Å². The second-order valence-electron chi connectivity index (χ2n) is 5.79. The number of carboxylic acids is 1. The van der Waals surface area contributed by atoms with Gasteiger partial charge in [0.25, 0.3) is 15.9 Å². The topological polar surface area (TPSA) is 104 Å². The molecule has 0 atom stereocenters. The molecule has 1 amide bonds. The van der Waals surface area contributed by atoms with Crippen molar-refractivity contribution in [2.24, 2.45) is 0 Å². The van der Waals surface area contributed by atoms with E-state index >= 15 is 0 Å². The van der Waals surface area contributed by atoms with Crippen LogP contribution in [-0.2, 0) is 10.0 Å². The molecule has 0 aromatic heterocycles. The summed E-state index contributed by atoms with van der Waals surface area (Å²) in [6, 6.07) is 8.03. The Labute approximate surface area is 156 Å². The Kier molecular flexibility index (Phi) is 5.58. The van der Waals surface area contributed by atoms with Crippen LogP contribution < -0.4 is 4.72 Å². The van der Waals surface area contributed by atoms with Crippen molar-refractivity contribution in [3.63, 3.8) is 0 Å². The second kappa shape index (κ2) is 7.35. The van der Waals surface area contributed by atoms with Crippen molar-refractivity contribution < 1.29 is 23.1 Å². The van der Waals surface area contributed by atoms with Crippen LogP contribution in [0.25, 0.3) is 0 Å². The third kappa shape index (κ3) is 4.14. The van der Waals surface area contributed by atoms with Gasteiger partial charge in [-0.3, -0.25) is 9.52 Å². The predicted molar refractivity (Wildman–Crippen MR) is 98.4 cm³/mol. The number of nitrogens with zero attached hydrogens (tertiary/aromatic N) is 1. The zero-order chi connectivity index (χ0) is 19.6. The molecule has 2 aromatic carbocycles. The summed E-state index contributed by atoms with van der Waals surface area (Å²) in [5, 5.41) is 9.18. The highest BCUT2D eigenvalue weighted by molar-refractivity contribution is 7.92. The molecule has 0 saturated heterocycles. The van der Waals surface area contributed by atoms with Crippen LogP contribution in [0.4, 0.5) is 5.69 Å². The fourth-order valence-electron chi connectivity index (χ4n) is 2.22. The van der Waals surface area contributed by atoms with Crippen molar-refractivity contribution in [3.05, 3.63) is 58.1 Å². The Balaban J connectivity index is 2.47. The van der Waals surface area contributed by atoms with Gasteiger partial charge in [-0.2, -0.15) is 0 Å². The number of carboxylic acid groups (broad SMARTS) is 1. The number of aryl methyl sites for hydroxylation is 1. The molecule has 0 aliphatic carbocycles. The standard InChI is InChI=1S/C17H17ClN2O5S/c1-10-4-5-12(17(22)23)9-15(10)26(24,25)19-14-8-11(6-7-13(14)18)16(21)20(2)3/h4-9,19H,1-3H3,(H,22,23). The summed E-state index contributed by atoms with van der Waals surface area (Å²) in [7, 11) is -0.966. The van der Waals surface area contributed by atoms with Crippen LogP contribution in [0.1, 0.15) is 26.3 Å². The quantitative estimate of drug-likeness (QED) is 0.808. The fourth-order valence-corrected chi connectivity index (χ4v) is 3.78. The van der Waals surface area contributed by atoms with Gasteiger partial charge in [-0.05, 0) is 42.8 Å². The molecule has 7 nitrogen and oxygen atoms in total. The first-order valence-electron chi connectivity index (χ1n) is 7.41. The SMILES string of the molecule is Cc1ccc(C(=O)O)cc1S(=O)(=O)Nc1cc(C(=O)N(C)C)ccc1Cl. The van der Waals surface area contributed by atoms with Crippen LogP contribution >= 0.6 is 11.6 Å². The second-order valence-corrected chi connectivity index (χ2v) is 7.84. The number of carbonyl (C=O) groups is 2. The minimum atomic E-state index is -4.11. The summed E-state index contributed by atoms with van der Waals surface area (Å²) in [4.78, 5) is 24.3. The van der Waals surface area contributed by atoms with E-state index in [0.29, 0.717) is 5.56 Å². The Hall–Kier alpha value is -2.58. The number of aromatic carboxylic acids is 1. The van der Waals surface area contributed by atoms with Crippen molar-refractivity contribution in [2.45, 2.75) is 11.8 Å². The van der Waals surface area contributed by atoms with E-state index < -0.39 is 16.0 Å². The van der Waals surface area contributed by atoms with Crippen molar-refractivity contribution in [1.82, 2.24) is 4.90 Å². The molecule has 0 aliphatic rings. The Morgan fingerprint density at radius 1 is 1.08 bits per heavy atom. The fraction of sp³-hybridized carbons (Fsp3) is 0.176. The molecule has 0 bridgehead atoms. The largest absolute Gasteiger partial charge is 0.478 e. The molecular weight excluding hydrogens is 380 g/mol. The summed E-state index contributed by atoms with van der Waals surface area (Å²) >= 11 is 6.05. The summed E-state index contributed by atoms with van der Waals surface area (Å²) < 4.78 is 27.7. The summed E-state index contributed by atoms with van der Waals surface area (Å²) in [5.41, 5.74) is 0.505. The first kappa shape index (κ1) is 19.7. The Morgan fingerprint density at radius 2 is 1.69 bits per heavy atom. The first-order valence-corrected chi connectivity index (χ1v) is 9.27. The first-order chi connectivity index (χ1) is 12.0. The van der Waals surface area contributed by atoms with Gasteiger partial charge in [0.1, 0.15) is 0 Å². The molecule has 26 heavy (non-hydrogen) atoms. The van der Waals surface area contributed by atoms with Crippen LogP contribution in [0.3, 0.4) is 0 Å². The molecule has 0 spiro atoms. The van der Waals surface area contributed by atoms with Gasteiger partial charge >= 0.3 is 5.97 Å². The molecule has 2 N–H and O–H groups in total. The summed E-state index contributed by atoms with van der Waals surface area (Å²) in [5.74, 6) is -1.55. The maximum atomic E-state index is 12.7. The van der Waals surface area contributed by atoms with Crippen LogP contribution in [0.15, 0.2) is 41.3 Å². The van der Waals surface area contributed by atoms with Gasteiger partial charge in [-0.15, -0.1) is 0 Å². The van der Waals surface area contributed by atoms with Gasteiger partial charge in [-0.25, -0.2) is 13.2 Å². The molecule has 0 fully saturated rings. The smallest absolute Gasteiger partial charge is 0.335 e. The number of nitrogens with one attached hydrogen (secondary N) is 1. The lowest BCUT2D eigenvalue weighted by Crippen LogP contribution is -2.22. The molecule has 0 radical (unpaired) electrons. The van der Waals surface area contributed by atoms with Gasteiger partial charge in [0, 0.05) is 19.7 Å². The van der Waals surface area contributed by atoms with Crippen molar-refractivity contribution >= 4 is 39.2 Å². The highest BCUT2D eigenvalue weighted by atomic mass is 35.5. The molecule has 138 valence electrons. The van der Waals surface area contributed by atoms with E-state index in [-0.39, 0.29) is 32.6 Å². The summed E-state index contributed by atoms with van der Waals surface area (Å²) in [6.07, 6.45) is 0. The molecule has 9 heteroatoms. The van der Waals surface area contributed by atoms with E-state index in [4.69, 9.17) is 16.7 Å². The highest BCUT2D eigenvalue weighted by Gasteiger charge is 2.21. The van der Waals surface area contributed by atoms with E-state index in [1.807, 2.05) is 0 Å². The number of anilines is 1. The van der Waals surface area contributed by atoms with Crippen LogP contribution in [0, 0.1) is 6.92 Å². The van der Waals surface area contributed by atoms with Crippen molar-refractivity contribution in [2.75, 3.05) is 18.8 Å². The van der Waals surface area contributed by atoms with Gasteiger partial charge in [0.05, 0.1) is 21.2 Å². The lowest BCUT2D eigenvalue weighted by molar-refractivity contribution is 0.0696. The molecular formula is C17H17ClN2O5S. The maximum Gasteiger partial charge on any atom is 0.335 e. The number of halogens is 1. The van der Waals surface area contributed by atoms with E-state index in [9.17, 15) is 18.0 Å². The Morgan fingerprint density at radius 3 is 2.27 bits per heavy atom. The zero-order valence-electron chi connectivity index (χ0n) is 14.3. The molecule has 0 unspecified atom stereocenters. The lowest BCUT2D eigenvalue weighted by atomic mass is 10.1. The van der Waals surface area contributed by atoms with Crippen LogP contribution in [0.2, 0.25) is 5.02 Å². The average molecular weight is 397 g/mol. The average Bonchev–Trinajstić information content (AvgIpc) is 2.55. The van der Waals surface area contributed by atoms with Crippen molar-refractivity contribution in [3.8, 4) is 0 Å². The molecule has 2 rings (SSSR count). The number of sulfonamides is 1. The Bertz CT molecular complexity index is 987. The number of hydrogen-bond acceptors (Lipinski definition) is 4. The van der Waals surface area contributed by atoms with Gasteiger partial charge in [0.15, 0.2) is 0 Å². The maximum absolute atomic E-state index is 12.7. The lowest BCUT2D eigenvalue weighted by Gasteiger charge is -2.15. The number of benzene rings is 2. The van der Waals surface area contributed by atoms with Crippen LogP contribution in [0.5, 0.6) is 0 Å². The third-order valence-electron chi connectivity index (χ3n) is 3.59. The van der Waals surface area contributed by atoms with Gasteiger partial charge < -0.3 is 10.0 Å². The molecule has 0 saturated carbocycles. The normalized spacial score (nSPS) is 11.1. The van der Waals surface area contributed by atoms with E-state index in [0.717, 1.165) is 6.07 Å². The minimum absolute atomic E-state index is 0.0273. The number of amides is 1. The minimum Gasteiger partial charge on any atom is -0.478 e. The number of hydrogen-bond donors (Lipinski definition) is 2. The molecule has 0 heterocycles. The zero-order valence-corrected chi connectivity index (χ0v) is 15.9. The van der Waals surface area contributed by atoms with E-state index in [1.165, 1.54) is 35.2 Å². The molecule has 2 aromatic rings. The third-order valence-corrected chi connectivity index (χ3v) is 5.43.